The summed E-state index contributed by atoms with van der Waals surface area (Å²) in [5.41, 5.74) is 3.54. The highest BCUT2D eigenvalue weighted by Gasteiger charge is 2.30. The molecule has 0 aliphatic heterocycles. The first-order valence-electron chi connectivity index (χ1n) is 7.03. The first-order valence-corrected chi connectivity index (χ1v) is 7.03. The van der Waals surface area contributed by atoms with E-state index in [1.807, 2.05) is 13.8 Å². The average molecular weight is 234 g/mol. The highest BCUT2D eigenvalue weighted by Crippen LogP contribution is 2.34. The lowest BCUT2D eigenvalue weighted by Gasteiger charge is -2.12. The molecule has 0 amide bonds. The maximum Gasteiger partial charge on any atom is 0.169 e. The molecule has 0 aromatic rings. The summed E-state index contributed by atoms with van der Waals surface area (Å²) in [7, 11) is 0. The molecule has 0 unspecified atom stereocenters. The van der Waals surface area contributed by atoms with Gasteiger partial charge in [0.25, 0.3) is 0 Å². The molecule has 1 aliphatic rings. The van der Waals surface area contributed by atoms with E-state index >= 15 is 0 Å². The molecule has 17 heavy (non-hydrogen) atoms. The molecule has 0 N–H and O–H groups in total. The number of allylic oxidation sites excluding steroid dienone is 4. The maximum atomic E-state index is 12.3. The Morgan fingerprint density at radius 1 is 1.18 bits per heavy atom. The van der Waals surface area contributed by atoms with Gasteiger partial charge in [-0.25, -0.2) is 0 Å². The molecule has 1 atom stereocenters. The Morgan fingerprint density at radius 3 is 2.35 bits per heavy atom. The van der Waals surface area contributed by atoms with Gasteiger partial charge in [0.05, 0.1) is 0 Å². The van der Waals surface area contributed by atoms with Gasteiger partial charge < -0.3 is 0 Å². The van der Waals surface area contributed by atoms with Gasteiger partial charge in [0.1, 0.15) is 0 Å². The second-order valence-corrected chi connectivity index (χ2v) is 5.30. The van der Waals surface area contributed by atoms with Gasteiger partial charge in [-0.05, 0) is 33.1 Å². The van der Waals surface area contributed by atoms with Crippen LogP contribution in [0.3, 0.4) is 0 Å². The van der Waals surface area contributed by atoms with E-state index in [2.05, 4.69) is 19.9 Å². The van der Waals surface area contributed by atoms with Crippen molar-refractivity contribution in [2.24, 2.45) is 5.92 Å². The normalized spacial score (nSPS) is 19.8. The van der Waals surface area contributed by atoms with E-state index in [4.69, 9.17) is 0 Å². The van der Waals surface area contributed by atoms with Crippen molar-refractivity contribution in [3.63, 3.8) is 0 Å². The predicted octanol–water partition coefficient (Wildman–Crippen LogP) is 4.83. The van der Waals surface area contributed by atoms with Crippen LogP contribution in [0.5, 0.6) is 0 Å². The molecule has 0 aromatic carbocycles. The molecular weight excluding hydrogens is 208 g/mol. The minimum atomic E-state index is 0.200. The van der Waals surface area contributed by atoms with Crippen molar-refractivity contribution in [1.82, 2.24) is 0 Å². The Balaban J connectivity index is 2.83. The van der Waals surface area contributed by atoms with Gasteiger partial charge >= 0.3 is 0 Å². The van der Waals surface area contributed by atoms with Crippen LogP contribution in [-0.2, 0) is 4.79 Å². The molecule has 0 fully saturated rings. The van der Waals surface area contributed by atoms with Crippen LogP contribution >= 0.6 is 0 Å². The average Bonchev–Trinajstić information content (AvgIpc) is 2.61. The SMILES string of the molecule is CCCCC1=CC(=C(C)C)C(=O)[C@H]1CCCC. The molecule has 0 saturated heterocycles. The lowest BCUT2D eigenvalue weighted by atomic mass is 9.90. The predicted molar refractivity (Wildman–Crippen MR) is 74.0 cm³/mol. The fourth-order valence-corrected chi connectivity index (χ4v) is 2.46. The number of hydrogen-bond donors (Lipinski definition) is 0. The van der Waals surface area contributed by atoms with Gasteiger partial charge in [-0.3, -0.25) is 4.79 Å². The van der Waals surface area contributed by atoms with Crippen molar-refractivity contribution in [3.8, 4) is 0 Å². The summed E-state index contributed by atoms with van der Waals surface area (Å²) < 4.78 is 0. The third-order valence-electron chi connectivity index (χ3n) is 3.56. The number of ketones is 1. The zero-order valence-corrected chi connectivity index (χ0v) is 11.8. The summed E-state index contributed by atoms with van der Waals surface area (Å²) in [5, 5.41) is 0. The monoisotopic (exact) mass is 234 g/mol. The van der Waals surface area contributed by atoms with E-state index in [1.165, 1.54) is 30.4 Å². The minimum Gasteiger partial charge on any atom is -0.294 e. The first kappa shape index (κ1) is 14.2. The Morgan fingerprint density at radius 2 is 1.82 bits per heavy atom. The van der Waals surface area contributed by atoms with Crippen LogP contribution in [0.25, 0.3) is 0 Å². The Hall–Kier alpha value is -0.850. The quantitative estimate of drug-likeness (QED) is 0.602. The Kier molecular flexibility index (Phi) is 5.67. The number of carbonyl (C=O) groups excluding carboxylic acids is 1. The molecule has 0 heterocycles. The van der Waals surface area contributed by atoms with Crippen LogP contribution in [0.1, 0.15) is 66.2 Å². The summed E-state index contributed by atoms with van der Waals surface area (Å²) in [6.45, 7) is 8.49. The second-order valence-electron chi connectivity index (χ2n) is 5.30. The molecule has 0 bridgehead atoms. The summed E-state index contributed by atoms with van der Waals surface area (Å²) >= 11 is 0. The van der Waals surface area contributed by atoms with Crippen LogP contribution in [-0.4, -0.2) is 5.78 Å². The Labute approximate surface area is 106 Å². The van der Waals surface area contributed by atoms with E-state index in [0.717, 1.165) is 24.8 Å². The van der Waals surface area contributed by atoms with Crippen LogP contribution in [0.15, 0.2) is 22.8 Å². The molecule has 0 saturated carbocycles. The summed E-state index contributed by atoms with van der Waals surface area (Å²) in [6, 6.07) is 0. The zero-order chi connectivity index (χ0) is 12.8. The van der Waals surface area contributed by atoms with Crippen LogP contribution < -0.4 is 0 Å². The topological polar surface area (TPSA) is 17.1 Å². The first-order chi connectivity index (χ1) is 8.11. The number of unbranched alkanes of at least 4 members (excludes halogenated alkanes) is 2. The third-order valence-corrected chi connectivity index (χ3v) is 3.56. The van der Waals surface area contributed by atoms with Gasteiger partial charge in [-0.2, -0.15) is 0 Å². The van der Waals surface area contributed by atoms with Crippen LogP contribution in [0, 0.1) is 5.92 Å². The molecule has 1 heteroatoms. The second kappa shape index (κ2) is 6.78. The molecule has 0 aromatic heterocycles. The molecular formula is C16H26O. The van der Waals surface area contributed by atoms with Crippen molar-refractivity contribution < 1.29 is 4.79 Å². The fraction of sp³-hybridized carbons (Fsp3) is 0.688. The standard InChI is InChI=1S/C16H26O/c1-5-7-9-13-11-15(12(3)4)16(17)14(13)10-8-6-2/h11,14H,5-10H2,1-4H3/t14-/m0/s1. The van der Waals surface area contributed by atoms with Crippen molar-refractivity contribution in [1.29, 1.82) is 0 Å². The van der Waals surface area contributed by atoms with E-state index in [9.17, 15) is 4.79 Å². The lowest BCUT2D eigenvalue weighted by Crippen LogP contribution is -2.12. The van der Waals surface area contributed by atoms with E-state index < -0.39 is 0 Å². The smallest absolute Gasteiger partial charge is 0.169 e. The highest BCUT2D eigenvalue weighted by molar-refractivity contribution is 6.05. The molecule has 0 spiro atoms. The van der Waals surface area contributed by atoms with Gasteiger partial charge in [-0.1, -0.05) is 50.3 Å². The zero-order valence-electron chi connectivity index (χ0n) is 11.8. The van der Waals surface area contributed by atoms with Gasteiger partial charge in [0.2, 0.25) is 0 Å². The number of rotatable bonds is 6. The Bertz CT molecular complexity index is 329. The number of Topliss-reactive ketones (excluding diaryl/α,β-unsaturated/α-hetero) is 1. The molecule has 0 radical (unpaired) electrons. The van der Waals surface area contributed by atoms with Crippen molar-refractivity contribution in [3.05, 3.63) is 22.8 Å². The van der Waals surface area contributed by atoms with Gasteiger partial charge in [-0.15, -0.1) is 0 Å². The molecule has 96 valence electrons. The van der Waals surface area contributed by atoms with Crippen LogP contribution in [0.4, 0.5) is 0 Å². The number of hydrogen-bond acceptors (Lipinski definition) is 1. The van der Waals surface area contributed by atoms with E-state index in [-0.39, 0.29) is 5.92 Å². The fourth-order valence-electron chi connectivity index (χ4n) is 2.46. The number of carbonyl (C=O) groups is 1. The van der Waals surface area contributed by atoms with E-state index in [0.29, 0.717) is 5.78 Å². The molecule has 1 nitrogen and oxygen atoms in total. The molecule has 1 aliphatic carbocycles. The van der Waals surface area contributed by atoms with Crippen molar-refractivity contribution in [2.45, 2.75) is 66.2 Å². The highest BCUT2D eigenvalue weighted by atomic mass is 16.1. The maximum absolute atomic E-state index is 12.3. The third kappa shape index (κ3) is 3.55. The lowest BCUT2D eigenvalue weighted by molar-refractivity contribution is -0.117. The van der Waals surface area contributed by atoms with Crippen molar-refractivity contribution >= 4 is 5.78 Å². The van der Waals surface area contributed by atoms with Gasteiger partial charge in [0.15, 0.2) is 5.78 Å². The van der Waals surface area contributed by atoms with E-state index in [1.54, 1.807) is 0 Å². The van der Waals surface area contributed by atoms with Crippen molar-refractivity contribution in [2.75, 3.05) is 0 Å². The minimum absolute atomic E-state index is 0.200. The summed E-state index contributed by atoms with van der Waals surface area (Å²) in [6.07, 6.45) is 9.07. The summed E-state index contributed by atoms with van der Waals surface area (Å²) in [5.74, 6) is 0.580. The van der Waals surface area contributed by atoms with Gasteiger partial charge in [0, 0.05) is 11.5 Å². The largest absolute Gasteiger partial charge is 0.294 e. The molecule has 1 rings (SSSR count). The summed E-state index contributed by atoms with van der Waals surface area (Å²) in [4.78, 5) is 12.3. The van der Waals surface area contributed by atoms with Crippen LogP contribution in [0.2, 0.25) is 0 Å².